The quantitative estimate of drug-likeness (QED) is 0.822. The summed E-state index contributed by atoms with van der Waals surface area (Å²) in [6.45, 7) is 0. The molecule has 0 bridgehead atoms. The zero-order valence-electron chi connectivity index (χ0n) is 10.8. The maximum absolute atomic E-state index is 9.55. The van der Waals surface area contributed by atoms with E-state index in [4.69, 9.17) is 15.2 Å². The van der Waals surface area contributed by atoms with Gasteiger partial charge in [-0.25, -0.2) is 0 Å². The Morgan fingerprint density at radius 2 is 1.89 bits per heavy atom. The van der Waals surface area contributed by atoms with Crippen molar-refractivity contribution < 1.29 is 14.6 Å². The molecule has 0 aliphatic heterocycles. The van der Waals surface area contributed by atoms with Crippen molar-refractivity contribution in [3.8, 4) is 17.0 Å². The number of aliphatic hydroxyl groups excluding tert-OH is 1. The molecule has 0 saturated heterocycles. The van der Waals surface area contributed by atoms with Crippen LogP contribution in [0.25, 0.3) is 11.3 Å². The summed E-state index contributed by atoms with van der Waals surface area (Å²) in [5, 5.41) is 9.55. The van der Waals surface area contributed by atoms with Crippen LogP contribution in [0.5, 0.6) is 5.75 Å². The lowest BCUT2D eigenvalue weighted by atomic mass is 10.1. The third-order valence-electron chi connectivity index (χ3n) is 2.81. The Hall–Kier alpha value is -2.11. The van der Waals surface area contributed by atoms with Crippen LogP contribution in [0.3, 0.4) is 0 Å². The van der Waals surface area contributed by atoms with Crippen LogP contribution >= 0.6 is 0 Å². The molecule has 19 heavy (non-hydrogen) atoms. The maximum atomic E-state index is 9.55. The van der Waals surface area contributed by atoms with E-state index < -0.39 is 6.29 Å². The number of nitrogens with two attached hydrogens (primary N) is 1. The van der Waals surface area contributed by atoms with Crippen molar-refractivity contribution in [3.63, 3.8) is 0 Å². The normalized spacial score (nSPS) is 12.2. The Morgan fingerprint density at radius 1 is 1.21 bits per heavy atom. The molecular formula is C14H16N2O3. The molecule has 0 amide bonds. The summed E-state index contributed by atoms with van der Waals surface area (Å²) < 4.78 is 9.91. The number of nitrogen functional groups attached to an aromatic ring is 1. The van der Waals surface area contributed by atoms with Gasteiger partial charge < -0.3 is 20.3 Å². The second-order valence-electron chi connectivity index (χ2n) is 4.02. The highest BCUT2D eigenvalue weighted by molar-refractivity contribution is 5.73. The van der Waals surface area contributed by atoms with E-state index in [-0.39, 0.29) is 0 Å². The standard InChI is InChI=1S/C14H16N2O3/c1-18-11-5-3-9(4-6-11)13-12(15)7-10(8-16-13)14(17)19-2/h3-8,14,17H,15H2,1-2H3. The number of ether oxygens (including phenoxy) is 2. The summed E-state index contributed by atoms with van der Waals surface area (Å²) in [5.74, 6) is 0.772. The number of hydrogen-bond donors (Lipinski definition) is 2. The molecule has 3 N–H and O–H groups in total. The third kappa shape index (κ3) is 2.83. The van der Waals surface area contributed by atoms with Gasteiger partial charge in [-0.3, -0.25) is 4.98 Å². The molecular weight excluding hydrogens is 244 g/mol. The molecule has 0 spiro atoms. The predicted molar refractivity (Wildman–Crippen MR) is 72.6 cm³/mol. The minimum Gasteiger partial charge on any atom is -0.497 e. The average molecular weight is 260 g/mol. The first kappa shape index (κ1) is 13.3. The highest BCUT2D eigenvalue weighted by Crippen LogP contribution is 2.27. The van der Waals surface area contributed by atoms with Gasteiger partial charge in [-0.05, 0) is 30.3 Å². The van der Waals surface area contributed by atoms with Crippen LogP contribution in [-0.2, 0) is 4.74 Å². The van der Waals surface area contributed by atoms with Crippen molar-refractivity contribution in [2.75, 3.05) is 20.0 Å². The van der Waals surface area contributed by atoms with Crippen molar-refractivity contribution in [2.45, 2.75) is 6.29 Å². The first-order valence-corrected chi connectivity index (χ1v) is 5.76. The number of aromatic nitrogens is 1. The Kier molecular flexibility index (Phi) is 3.99. The van der Waals surface area contributed by atoms with E-state index in [0.29, 0.717) is 16.9 Å². The number of rotatable bonds is 4. The van der Waals surface area contributed by atoms with E-state index in [0.717, 1.165) is 11.3 Å². The molecule has 2 rings (SSSR count). The van der Waals surface area contributed by atoms with E-state index in [9.17, 15) is 5.11 Å². The number of nitrogens with zero attached hydrogens (tertiary/aromatic N) is 1. The Bertz CT molecular complexity index is 555. The molecule has 1 heterocycles. The fraction of sp³-hybridized carbons (Fsp3) is 0.214. The third-order valence-corrected chi connectivity index (χ3v) is 2.81. The van der Waals surface area contributed by atoms with Gasteiger partial charge in [0.05, 0.1) is 18.5 Å². The van der Waals surface area contributed by atoms with Crippen LogP contribution in [0, 0.1) is 0 Å². The Balaban J connectivity index is 2.34. The second kappa shape index (κ2) is 5.69. The number of benzene rings is 1. The van der Waals surface area contributed by atoms with Crippen LogP contribution in [0.1, 0.15) is 11.9 Å². The first-order chi connectivity index (χ1) is 9.15. The van der Waals surface area contributed by atoms with Gasteiger partial charge in [-0.1, -0.05) is 0 Å². The number of anilines is 1. The molecule has 0 saturated carbocycles. The summed E-state index contributed by atoms with van der Waals surface area (Å²) >= 11 is 0. The molecule has 1 aromatic heterocycles. The van der Waals surface area contributed by atoms with E-state index in [1.807, 2.05) is 24.3 Å². The van der Waals surface area contributed by atoms with Gasteiger partial charge in [0.15, 0.2) is 6.29 Å². The van der Waals surface area contributed by atoms with Crippen LogP contribution in [-0.4, -0.2) is 24.3 Å². The molecule has 2 aromatic rings. The highest BCUT2D eigenvalue weighted by Gasteiger charge is 2.10. The average Bonchev–Trinajstić information content (AvgIpc) is 2.46. The van der Waals surface area contributed by atoms with Gasteiger partial charge in [0.2, 0.25) is 0 Å². The number of methoxy groups -OCH3 is 2. The summed E-state index contributed by atoms with van der Waals surface area (Å²) in [6.07, 6.45) is 0.532. The van der Waals surface area contributed by atoms with Crippen molar-refractivity contribution in [2.24, 2.45) is 0 Å². The minimum atomic E-state index is -1.01. The SMILES string of the molecule is COc1ccc(-c2ncc(C(O)OC)cc2N)cc1. The molecule has 1 unspecified atom stereocenters. The van der Waals surface area contributed by atoms with E-state index in [1.165, 1.54) is 7.11 Å². The smallest absolute Gasteiger partial charge is 0.182 e. The molecule has 100 valence electrons. The number of aliphatic hydroxyl groups is 1. The van der Waals surface area contributed by atoms with Gasteiger partial charge in [0.25, 0.3) is 0 Å². The predicted octanol–water partition coefficient (Wildman–Crippen LogP) is 1.98. The molecule has 5 nitrogen and oxygen atoms in total. The van der Waals surface area contributed by atoms with Crippen LogP contribution in [0.2, 0.25) is 0 Å². The lowest BCUT2D eigenvalue weighted by Gasteiger charge is -2.11. The van der Waals surface area contributed by atoms with E-state index >= 15 is 0 Å². The van der Waals surface area contributed by atoms with Gasteiger partial charge in [-0.15, -0.1) is 0 Å². The number of hydrogen-bond acceptors (Lipinski definition) is 5. The van der Waals surface area contributed by atoms with Crippen molar-refractivity contribution in [3.05, 3.63) is 42.1 Å². The van der Waals surface area contributed by atoms with Crippen LogP contribution < -0.4 is 10.5 Å². The molecule has 0 radical (unpaired) electrons. The van der Waals surface area contributed by atoms with Gasteiger partial charge in [-0.2, -0.15) is 0 Å². The topological polar surface area (TPSA) is 77.6 Å². The summed E-state index contributed by atoms with van der Waals surface area (Å²) in [6, 6.07) is 9.09. The molecule has 1 aromatic carbocycles. The fourth-order valence-electron chi connectivity index (χ4n) is 1.76. The summed E-state index contributed by atoms with van der Waals surface area (Å²) in [4.78, 5) is 4.27. The van der Waals surface area contributed by atoms with Crippen LogP contribution in [0.15, 0.2) is 36.5 Å². The zero-order valence-corrected chi connectivity index (χ0v) is 10.8. The van der Waals surface area contributed by atoms with E-state index in [2.05, 4.69) is 4.98 Å². The summed E-state index contributed by atoms with van der Waals surface area (Å²) in [7, 11) is 3.03. The molecule has 0 aliphatic carbocycles. The van der Waals surface area contributed by atoms with E-state index in [1.54, 1.807) is 19.4 Å². The monoisotopic (exact) mass is 260 g/mol. The molecule has 1 atom stereocenters. The fourth-order valence-corrected chi connectivity index (χ4v) is 1.76. The second-order valence-corrected chi connectivity index (χ2v) is 4.02. The van der Waals surface area contributed by atoms with Gasteiger partial charge in [0, 0.05) is 24.4 Å². The first-order valence-electron chi connectivity index (χ1n) is 5.76. The van der Waals surface area contributed by atoms with Crippen molar-refractivity contribution in [1.29, 1.82) is 0 Å². The lowest BCUT2D eigenvalue weighted by Crippen LogP contribution is -2.03. The molecule has 0 fully saturated rings. The Morgan fingerprint density at radius 3 is 2.42 bits per heavy atom. The minimum absolute atomic E-state index is 0.485. The summed E-state index contributed by atoms with van der Waals surface area (Å²) in [5.41, 5.74) is 8.51. The van der Waals surface area contributed by atoms with Crippen molar-refractivity contribution in [1.82, 2.24) is 4.98 Å². The zero-order chi connectivity index (χ0) is 13.8. The number of pyridine rings is 1. The largest absolute Gasteiger partial charge is 0.497 e. The van der Waals surface area contributed by atoms with Crippen molar-refractivity contribution >= 4 is 5.69 Å². The highest BCUT2D eigenvalue weighted by atomic mass is 16.6. The van der Waals surface area contributed by atoms with Gasteiger partial charge in [0.1, 0.15) is 5.75 Å². The molecule has 5 heteroatoms. The maximum Gasteiger partial charge on any atom is 0.182 e. The van der Waals surface area contributed by atoms with Crippen LogP contribution in [0.4, 0.5) is 5.69 Å². The van der Waals surface area contributed by atoms with Gasteiger partial charge >= 0.3 is 0 Å². The molecule has 0 aliphatic rings. The lowest BCUT2D eigenvalue weighted by molar-refractivity contribution is -0.0770. The Labute approximate surface area is 111 Å².